The van der Waals surface area contributed by atoms with Gasteiger partial charge < -0.3 is 10.4 Å². The molecule has 0 saturated carbocycles. The van der Waals surface area contributed by atoms with Crippen molar-refractivity contribution in [2.45, 2.75) is 52.6 Å². The van der Waals surface area contributed by atoms with Crippen LogP contribution in [0.3, 0.4) is 0 Å². The lowest BCUT2D eigenvalue weighted by atomic mass is 10.2. The maximum Gasteiger partial charge on any atom is 0.137 e. The summed E-state index contributed by atoms with van der Waals surface area (Å²) in [5, 5.41) is 13.0. The predicted molar refractivity (Wildman–Crippen MR) is 75.2 cm³/mol. The zero-order chi connectivity index (χ0) is 13.5. The van der Waals surface area contributed by atoms with Gasteiger partial charge in [-0.15, -0.1) is 0 Å². The molecule has 0 fully saturated rings. The van der Waals surface area contributed by atoms with Crippen molar-refractivity contribution in [2.24, 2.45) is 0 Å². The summed E-state index contributed by atoms with van der Waals surface area (Å²) in [6.07, 6.45) is 3.27. The minimum Gasteiger partial charge on any atom is -0.393 e. The zero-order valence-electron chi connectivity index (χ0n) is 11.3. The topological polar surface area (TPSA) is 58.0 Å². The summed E-state index contributed by atoms with van der Waals surface area (Å²) in [4.78, 5) is 8.72. The lowest BCUT2D eigenvalue weighted by Gasteiger charge is -2.11. The van der Waals surface area contributed by atoms with Crippen LogP contribution < -0.4 is 5.32 Å². The number of nitrogens with zero attached hydrogens (tertiary/aromatic N) is 2. The molecule has 0 aliphatic heterocycles. The Bertz CT molecular complexity index is 383. The maximum absolute atomic E-state index is 9.19. The normalized spacial score (nSPS) is 12.5. The summed E-state index contributed by atoms with van der Waals surface area (Å²) in [6, 6.07) is 0. The van der Waals surface area contributed by atoms with Crippen LogP contribution in [0.2, 0.25) is 5.15 Å². The second-order valence-electron chi connectivity index (χ2n) is 4.57. The van der Waals surface area contributed by atoms with Crippen molar-refractivity contribution in [1.29, 1.82) is 0 Å². The van der Waals surface area contributed by atoms with Gasteiger partial charge in [0.05, 0.1) is 6.10 Å². The fourth-order valence-electron chi connectivity index (χ4n) is 1.64. The van der Waals surface area contributed by atoms with Crippen LogP contribution in [0.4, 0.5) is 5.82 Å². The Morgan fingerprint density at radius 1 is 1.39 bits per heavy atom. The quantitative estimate of drug-likeness (QED) is 0.591. The minimum atomic E-state index is -0.252. The van der Waals surface area contributed by atoms with Gasteiger partial charge in [-0.05, 0) is 33.1 Å². The van der Waals surface area contributed by atoms with E-state index >= 15 is 0 Å². The SMILES string of the molecule is CCCc1nc(Cl)c(C)c(NCCCC(C)O)n1. The Morgan fingerprint density at radius 2 is 2.11 bits per heavy atom. The molecular formula is C13H22ClN3O. The maximum atomic E-state index is 9.19. The van der Waals surface area contributed by atoms with Gasteiger partial charge in [0.1, 0.15) is 16.8 Å². The van der Waals surface area contributed by atoms with Gasteiger partial charge >= 0.3 is 0 Å². The fraction of sp³-hybridized carbons (Fsp3) is 0.692. The van der Waals surface area contributed by atoms with Crippen LogP contribution in [0.15, 0.2) is 0 Å². The first kappa shape index (κ1) is 15.2. The van der Waals surface area contributed by atoms with E-state index in [-0.39, 0.29) is 6.10 Å². The van der Waals surface area contributed by atoms with Gasteiger partial charge in [-0.25, -0.2) is 9.97 Å². The molecule has 1 rings (SSSR count). The summed E-state index contributed by atoms with van der Waals surface area (Å²) in [5.74, 6) is 1.59. The number of aryl methyl sites for hydroxylation is 1. The summed E-state index contributed by atoms with van der Waals surface area (Å²) >= 11 is 6.09. The molecule has 0 radical (unpaired) electrons. The molecule has 0 bridgehead atoms. The van der Waals surface area contributed by atoms with Gasteiger partial charge in [-0.2, -0.15) is 0 Å². The third-order valence-corrected chi connectivity index (χ3v) is 3.07. The predicted octanol–water partition coefficient (Wildman–Crippen LogP) is 2.96. The van der Waals surface area contributed by atoms with Crippen LogP contribution in [0.25, 0.3) is 0 Å². The van der Waals surface area contributed by atoms with E-state index < -0.39 is 0 Å². The number of hydrogen-bond acceptors (Lipinski definition) is 4. The highest BCUT2D eigenvalue weighted by molar-refractivity contribution is 6.30. The van der Waals surface area contributed by atoms with E-state index in [1.54, 1.807) is 6.92 Å². The fourth-order valence-corrected chi connectivity index (χ4v) is 1.83. The summed E-state index contributed by atoms with van der Waals surface area (Å²) in [6.45, 7) is 6.58. The molecule has 1 aromatic heterocycles. The Morgan fingerprint density at radius 3 is 2.72 bits per heavy atom. The first-order chi connectivity index (χ1) is 8.54. The van der Waals surface area contributed by atoms with Crippen molar-refractivity contribution in [3.63, 3.8) is 0 Å². The number of aliphatic hydroxyl groups is 1. The van der Waals surface area contributed by atoms with Crippen molar-refractivity contribution in [3.8, 4) is 0 Å². The van der Waals surface area contributed by atoms with Crippen molar-refractivity contribution < 1.29 is 5.11 Å². The van der Waals surface area contributed by atoms with Gasteiger partial charge in [-0.3, -0.25) is 0 Å². The number of anilines is 1. The highest BCUT2D eigenvalue weighted by atomic mass is 35.5. The van der Waals surface area contributed by atoms with E-state index in [4.69, 9.17) is 11.6 Å². The number of halogens is 1. The number of aliphatic hydroxyl groups excluding tert-OH is 1. The average molecular weight is 272 g/mol. The van der Waals surface area contributed by atoms with Crippen molar-refractivity contribution in [2.75, 3.05) is 11.9 Å². The van der Waals surface area contributed by atoms with Crippen LogP contribution in [0.1, 0.15) is 44.5 Å². The molecule has 1 aromatic rings. The molecule has 2 N–H and O–H groups in total. The number of hydrogen-bond donors (Lipinski definition) is 2. The van der Waals surface area contributed by atoms with Gasteiger partial charge in [0.15, 0.2) is 0 Å². The van der Waals surface area contributed by atoms with E-state index in [1.807, 2.05) is 6.92 Å². The lowest BCUT2D eigenvalue weighted by molar-refractivity contribution is 0.183. The molecule has 5 heteroatoms. The lowest BCUT2D eigenvalue weighted by Crippen LogP contribution is -2.10. The standard InChI is InChI=1S/C13H22ClN3O/c1-4-6-11-16-12(14)10(3)13(17-11)15-8-5-7-9(2)18/h9,18H,4-8H2,1-3H3,(H,15,16,17). The van der Waals surface area contributed by atoms with Crippen LogP contribution in [0.5, 0.6) is 0 Å². The second kappa shape index (κ2) is 7.54. The molecule has 0 aromatic carbocycles. The minimum absolute atomic E-state index is 0.252. The third kappa shape index (κ3) is 4.78. The molecule has 0 aliphatic rings. The molecule has 1 heterocycles. The number of rotatable bonds is 7. The Kier molecular flexibility index (Phi) is 6.36. The molecule has 18 heavy (non-hydrogen) atoms. The largest absolute Gasteiger partial charge is 0.393 e. The monoisotopic (exact) mass is 271 g/mol. The van der Waals surface area contributed by atoms with Crippen molar-refractivity contribution >= 4 is 17.4 Å². The zero-order valence-corrected chi connectivity index (χ0v) is 12.1. The molecule has 4 nitrogen and oxygen atoms in total. The number of nitrogens with one attached hydrogen (secondary N) is 1. The van der Waals surface area contributed by atoms with Crippen LogP contribution in [-0.2, 0) is 6.42 Å². The van der Waals surface area contributed by atoms with Crippen LogP contribution >= 0.6 is 11.6 Å². The van der Waals surface area contributed by atoms with Crippen molar-refractivity contribution in [1.82, 2.24) is 9.97 Å². The molecule has 102 valence electrons. The van der Waals surface area contributed by atoms with E-state index in [0.29, 0.717) is 5.15 Å². The molecule has 0 saturated heterocycles. The van der Waals surface area contributed by atoms with Crippen LogP contribution in [0, 0.1) is 6.92 Å². The smallest absolute Gasteiger partial charge is 0.137 e. The van der Waals surface area contributed by atoms with Crippen molar-refractivity contribution in [3.05, 3.63) is 16.5 Å². The van der Waals surface area contributed by atoms with E-state index in [1.165, 1.54) is 0 Å². The van der Waals surface area contributed by atoms with Crippen LogP contribution in [-0.4, -0.2) is 27.7 Å². The molecule has 1 unspecified atom stereocenters. The molecule has 0 aliphatic carbocycles. The highest BCUT2D eigenvalue weighted by Crippen LogP contribution is 2.20. The average Bonchev–Trinajstić information content (AvgIpc) is 2.30. The second-order valence-corrected chi connectivity index (χ2v) is 4.93. The summed E-state index contributed by atoms with van der Waals surface area (Å²) < 4.78 is 0. The molecule has 0 amide bonds. The van der Waals surface area contributed by atoms with Gasteiger partial charge in [-0.1, -0.05) is 18.5 Å². The number of aromatic nitrogens is 2. The first-order valence-electron chi connectivity index (χ1n) is 6.49. The van der Waals surface area contributed by atoms with E-state index in [9.17, 15) is 5.11 Å². The molecule has 0 spiro atoms. The summed E-state index contributed by atoms with van der Waals surface area (Å²) in [5.41, 5.74) is 0.883. The first-order valence-corrected chi connectivity index (χ1v) is 6.87. The third-order valence-electron chi connectivity index (χ3n) is 2.70. The summed E-state index contributed by atoms with van der Waals surface area (Å²) in [7, 11) is 0. The molecule has 1 atom stereocenters. The molecular weight excluding hydrogens is 250 g/mol. The Balaban J connectivity index is 2.63. The Labute approximate surface area is 114 Å². The van der Waals surface area contributed by atoms with E-state index in [2.05, 4.69) is 22.2 Å². The Hall–Kier alpha value is -0.870. The highest BCUT2D eigenvalue weighted by Gasteiger charge is 2.08. The van der Waals surface area contributed by atoms with Gasteiger partial charge in [0.25, 0.3) is 0 Å². The van der Waals surface area contributed by atoms with E-state index in [0.717, 1.165) is 49.4 Å². The van der Waals surface area contributed by atoms with Gasteiger partial charge in [0, 0.05) is 18.5 Å². The van der Waals surface area contributed by atoms with Gasteiger partial charge in [0.2, 0.25) is 0 Å².